The highest BCUT2D eigenvalue weighted by Crippen LogP contribution is 2.13. The van der Waals surface area contributed by atoms with Crippen LogP contribution >= 0.6 is 0 Å². The number of aliphatic hydroxyl groups excluding tert-OH is 1. The number of rotatable bonds is 3. The lowest BCUT2D eigenvalue weighted by atomic mass is 10.0. The van der Waals surface area contributed by atoms with Crippen LogP contribution in [0.15, 0.2) is 18.2 Å². The lowest BCUT2D eigenvalue weighted by Gasteiger charge is -2.23. The molecule has 0 bridgehead atoms. The van der Waals surface area contributed by atoms with E-state index in [0.29, 0.717) is 12.1 Å². The van der Waals surface area contributed by atoms with Crippen molar-refractivity contribution in [1.29, 1.82) is 0 Å². The molecule has 0 aliphatic heterocycles. The van der Waals surface area contributed by atoms with Crippen molar-refractivity contribution >= 4 is 5.91 Å². The predicted molar refractivity (Wildman–Crippen MR) is 75.8 cm³/mol. The maximum atomic E-state index is 12.2. The van der Waals surface area contributed by atoms with Gasteiger partial charge in [0.05, 0.1) is 19.2 Å². The monoisotopic (exact) mass is 260 g/mol. The van der Waals surface area contributed by atoms with Gasteiger partial charge in [0, 0.05) is 18.2 Å². The van der Waals surface area contributed by atoms with Gasteiger partial charge in [0.1, 0.15) is 0 Å². The van der Waals surface area contributed by atoms with Crippen LogP contribution in [-0.2, 0) is 0 Å². The Labute approximate surface area is 114 Å². The van der Waals surface area contributed by atoms with Crippen LogP contribution in [0.5, 0.6) is 0 Å². The molecule has 3 N–H and O–H groups in total. The summed E-state index contributed by atoms with van der Waals surface area (Å²) in [4.78, 5) is 13.7. The third kappa shape index (κ3) is 3.82. The Balaban J connectivity index is 2.98. The van der Waals surface area contributed by atoms with Crippen molar-refractivity contribution in [3.05, 3.63) is 34.9 Å². The number of aliphatic hydroxyl groups is 1. The first-order chi connectivity index (χ1) is 9.01. The smallest absolute Gasteiger partial charge is 0.253 e. The molecule has 4 nitrogen and oxygen atoms in total. The Morgan fingerprint density at radius 3 is 2.74 bits per heavy atom. The average molecular weight is 260 g/mol. The molecule has 0 aliphatic carbocycles. The number of carbonyl (C=O) groups is 1. The van der Waals surface area contributed by atoms with E-state index in [0.717, 1.165) is 11.1 Å². The number of aryl methyl sites for hydroxylation is 1. The van der Waals surface area contributed by atoms with Gasteiger partial charge in [-0.1, -0.05) is 11.8 Å². The number of hydrogen-bond acceptors (Lipinski definition) is 3. The number of likely N-dealkylation sites (N-methyl/N-ethyl adjacent to an activating group) is 1. The van der Waals surface area contributed by atoms with Crippen LogP contribution in [-0.4, -0.2) is 42.2 Å². The van der Waals surface area contributed by atoms with Gasteiger partial charge >= 0.3 is 0 Å². The third-order valence-electron chi connectivity index (χ3n) is 3.04. The molecule has 0 aliphatic rings. The van der Waals surface area contributed by atoms with Crippen LogP contribution in [0.25, 0.3) is 0 Å². The lowest BCUT2D eigenvalue weighted by Crippen LogP contribution is -2.37. The fraction of sp³-hybridized carbons (Fsp3) is 0.400. The molecule has 19 heavy (non-hydrogen) atoms. The summed E-state index contributed by atoms with van der Waals surface area (Å²) in [6.45, 7) is 3.97. The molecule has 102 valence electrons. The first-order valence-electron chi connectivity index (χ1n) is 6.18. The summed E-state index contributed by atoms with van der Waals surface area (Å²) in [5, 5.41) is 9.07. The van der Waals surface area contributed by atoms with Gasteiger partial charge in [-0.15, -0.1) is 0 Å². The summed E-state index contributed by atoms with van der Waals surface area (Å²) in [7, 11) is 1.68. The van der Waals surface area contributed by atoms with E-state index in [1.807, 2.05) is 19.1 Å². The Kier molecular flexibility index (Phi) is 5.56. The van der Waals surface area contributed by atoms with Crippen molar-refractivity contribution in [3.63, 3.8) is 0 Å². The van der Waals surface area contributed by atoms with E-state index in [9.17, 15) is 4.79 Å². The number of carbonyl (C=O) groups excluding carboxylic acids is 1. The van der Waals surface area contributed by atoms with E-state index in [2.05, 4.69) is 11.8 Å². The number of nitrogens with zero attached hydrogens (tertiary/aromatic N) is 1. The average Bonchev–Trinajstić information content (AvgIpc) is 2.43. The molecule has 0 saturated carbocycles. The van der Waals surface area contributed by atoms with Gasteiger partial charge in [0.25, 0.3) is 5.91 Å². The van der Waals surface area contributed by atoms with Crippen LogP contribution in [0.2, 0.25) is 0 Å². The van der Waals surface area contributed by atoms with E-state index in [4.69, 9.17) is 10.8 Å². The molecule has 1 atom stereocenters. The van der Waals surface area contributed by atoms with Crippen LogP contribution in [0.4, 0.5) is 0 Å². The Morgan fingerprint density at radius 1 is 1.53 bits per heavy atom. The standard InChI is InChI=1S/C15H20N2O2/c1-11-9-14(7-6-13(11)5-4-8-16)15(19)17(3)12(2)10-18/h6-7,9,12,18H,8,10,16H2,1-3H3. The van der Waals surface area contributed by atoms with Gasteiger partial charge in [-0.2, -0.15) is 0 Å². The highest BCUT2D eigenvalue weighted by atomic mass is 16.3. The minimum atomic E-state index is -0.204. The van der Waals surface area contributed by atoms with Crippen molar-refractivity contribution in [1.82, 2.24) is 4.90 Å². The summed E-state index contributed by atoms with van der Waals surface area (Å²) in [5.74, 6) is 5.65. The molecule has 1 aromatic carbocycles. The van der Waals surface area contributed by atoms with Crippen molar-refractivity contribution in [3.8, 4) is 11.8 Å². The number of hydrogen-bond donors (Lipinski definition) is 2. The predicted octanol–water partition coefficient (Wildman–Crippen LogP) is 0.758. The molecular formula is C15H20N2O2. The largest absolute Gasteiger partial charge is 0.394 e. The van der Waals surface area contributed by atoms with Gasteiger partial charge in [0.15, 0.2) is 0 Å². The Morgan fingerprint density at radius 2 is 2.21 bits per heavy atom. The Hall–Kier alpha value is -1.83. The fourth-order valence-corrected chi connectivity index (χ4v) is 1.61. The lowest BCUT2D eigenvalue weighted by molar-refractivity contribution is 0.0682. The zero-order valence-corrected chi connectivity index (χ0v) is 11.6. The quantitative estimate of drug-likeness (QED) is 0.788. The normalized spacial score (nSPS) is 11.4. The first-order valence-corrected chi connectivity index (χ1v) is 6.18. The number of amides is 1. The third-order valence-corrected chi connectivity index (χ3v) is 3.04. The van der Waals surface area contributed by atoms with Crippen LogP contribution in [0.1, 0.15) is 28.4 Å². The first kappa shape index (κ1) is 15.2. The topological polar surface area (TPSA) is 66.6 Å². The molecule has 1 aromatic rings. The molecule has 1 amide bonds. The molecular weight excluding hydrogens is 240 g/mol. The summed E-state index contributed by atoms with van der Waals surface area (Å²) in [6.07, 6.45) is 0. The zero-order chi connectivity index (χ0) is 14.4. The van der Waals surface area contributed by atoms with E-state index >= 15 is 0 Å². The highest BCUT2D eigenvalue weighted by Gasteiger charge is 2.17. The second kappa shape index (κ2) is 6.93. The number of nitrogens with two attached hydrogens (primary N) is 1. The van der Waals surface area contributed by atoms with Crippen LogP contribution < -0.4 is 5.73 Å². The van der Waals surface area contributed by atoms with Gasteiger partial charge in [0.2, 0.25) is 0 Å². The van der Waals surface area contributed by atoms with E-state index in [1.54, 1.807) is 20.0 Å². The van der Waals surface area contributed by atoms with Crippen LogP contribution in [0, 0.1) is 18.8 Å². The maximum absolute atomic E-state index is 12.2. The summed E-state index contributed by atoms with van der Waals surface area (Å²) in [5.41, 5.74) is 7.75. The molecule has 0 radical (unpaired) electrons. The molecule has 4 heteroatoms. The summed E-state index contributed by atoms with van der Waals surface area (Å²) < 4.78 is 0. The van der Waals surface area contributed by atoms with Crippen LogP contribution in [0.3, 0.4) is 0 Å². The molecule has 0 fully saturated rings. The second-order valence-electron chi connectivity index (χ2n) is 4.48. The van der Waals surface area contributed by atoms with Gasteiger partial charge in [-0.05, 0) is 37.6 Å². The Bertz CT molecular complexity index is 515. The van der Waals surface area contributed by atoms with Crippen molar-refractivity contribution < 1.29 is 9.90 Å². The van der Waals surface area contributed by atoms with E-state index in [-0.39, 0.29) is 18.6 Å². The number of benzene rings is 1. The minimum absolute atomic E-state index is 0.0543. The molecule has 1 unspecified atom stereocenters. The molecule has 0 spiro atoms. The SMILES string of the molecule is Cc1cc(C(=O)N(C)C(C)CO)ccc1C#CCN. The molecule has 1 rings (SSSR count). The summed E-state index contributed by atoms with van der Waals surface area (Å²) in [6, 6.07) is 5.17. The van der Waals surface area contributed by atoms with Gasteiger partial charge in [-0.3, -0.25) is 4.79 Å². The molecule has 0 aromatic heterocycles. The van der Waals surface area contributed by atoms with Crippen molar-refractivity contribution in [2.45, 2.75) is 19.9 Å². The van der Waals surface area contributed by atoms with Crippen molar-refractivity contribution in [2.75, 3.05) is 20.2 Å². The molecule has 0 saturated heterocycles. The minimum Gasteiger partial charge on any atom is -0.394 e. The highest BCUT2D eigenvalue weighted by molar-refractivity contribution is 5.94. The van der Waals surface area contributed by atoms with Crippen molar-refractivity contribution in [2.24, 2.45) is 5.73 Å². The van der Waals surface area contributed by atoms with Gasteiger partial charge in [-0.25, -0.2) is 0 Å². The maximum Gasteiger partial charge on any atom is 0.253 e. The van der Waals surface area contributed by atoms with Gasteiger partial charge < -0.3 is 15.7 Å². The second-order valence-corrected chi connectivity index (χ2v) is 4.48. The van der Waals surface area contributed by atoms with E-state index in [1.165, 1.54) is 4.90 Å². The van der Waals surface area contributed by atoms with E-state index < -0.39 is 0 Å². The summed E-state index contributed by atoms with van der Waals surface area (Å²) >= 11 is 0. The molecule has 0 heterocycles. The fourth-order valence-electron chi connectivity index (χ4n) is 1.61. The zero-order valence-electron chi connectivity index (χ0n) is 11.6.